The quantitative estimate of drug-likeness (QED) is 0.791. The van der Waals surface area contributed by atoms with Gasteiger partial charge in [0.1, 0.15) is 0 Å². The number of anilines is 1. The number of fused-ring (bicyclic) bond motifs is 1. The summed E-state index contributed by atoms with van der Waals surface area (Å²) in [7, 11) is 0. The summed E-state index contributed by atoms with van der Waals surface area (Å²) >= 11 is 1.45. The molecular formula is C22H25N3O2S. The first kappa shape index (κ1) is 19.0. The van der Waals surface area contributed by atoms with Gasteiger partial charge in [0.25, 0.3) is 5.91 Å². The summed E-state index contributed by atoms with van der Waals surface area (Å²) in [6.07, 6.45) is 1.86. The first-order valence-corrected chi connectivity index (χ1v) is 10.8. The highest BCUT2D eigenvalue weighted by Gasteiger charge is 2.28. The second kappa shape index (κ2) is 8.37. The predicted octanol–water partition coefficient (Wildman–Crippen LogP) is 2.79. The van der Waals surface area contributed by atoms with Gasteiger partial charge in [0.2, 0.25) is 5.91 Å². The van der Waals surface area contributed by atoms with Crippen LogP contribution in [0.3, 0.4) is 0 Å². The number of carbonyl (C=O) groups excluding carboxylic acids is 2. The first-order chi connectivity index (χ1) is 13.7. The highest BCUT2D eigenvalue weighted by atomic mass is 32.2. The van der Waals surface area contributed by atoms with E-state index in [0.717, 1.165) is 43.1 Å². The summed E-state index contributed by atoms with van der Waals surface area (Å²) < 4.78 is 0. The van der Waals surface area contributed by atoms with Crippen molar-refractivity contribution in [2.45, 2.75) is 17.7 Å². The van der Waals surface area contributed by atoms with Gasteiger partial charge in [-0.15, -0.1) is 11.8 Å². The maximum atomic E-state index is 13.0. The lowest BCUT2D eigenvalue weighted by molar-refractivity contribution is -0.116. The fourth-order valence-corrected chi connectivity index (χ4v) is 4.88. The number of benzene rings is 2. The second-order valence-electron chi connectivity index (χ2n) is 7.35. The summed E-state index contributed by atoms with van der Waals surface area (Å²) in [6, 6.07) is 15.6. The van der Waals surface area contributed by atoms with Crippen LogP contribution >= 0.6 is 11.8 Å². The largest absolute Gasteiger partial charge is 0.338 e. The highest BCUT2D eigenvalue weighted by molar-refractivity contribution is 8.00. The summed E-state index contributed by atoms with van der Waals surface area (Å²) in [6.45, 7) is 2.82. The SMILES string of the molecule is NCC1CCN(C(=O)c2ccccc2SCC(=O)N2CCc3ccccc32)C1. The molecule has 0 spiro atoms. The maximum Gasteiger partial charge on any atom is 0.254 e. The van der Waals surface area contributed by atoms with E-state index in [9.17, 15) is 9.59 Å². The van der Waals surface area contributed by atoms with Crippen molar-refractivity contribution in [1.29, 1.82) is 0 Å². The molecule has 1 unspecified atom stereocenters. The van der Waals surface area contributed by atoms with Crippen LogP contribution in [-0.4, -0.2) is 48.6 Å². The third kappa shape index (κ3) is 3.80. The molecule has 1 atom stereocenters. The number of nitrogens with two attached hydrogens (primary N) is 1. The smallest absolute Gasteiger partial charge is 0.254 e. The van der Waals surface area contributed by atoms with Crippen LogP contribution in [0.5, 0.6) is 0 Å². The molecule has 2 aromatic rings. The van der Waals surface area contributed by atoms with Gasteiger partial charge in [0.05, 0.1) is 11.3 Å². The lowest BCUT2D eigenvalue weighted by atomic mass is 10.1. The number of likely N-dealkylation sites (tertiary alicyclic amines) is 1. The van der Waals surface area contributed by atoms with E-state index in [2.05, 4.69) is 6.07 Å². The van der Waals surface area contributed by atoms with E-state index in [1.165, 1.54) is 17.3 Å². The van der Waals surface area contributed by atoms with Crippen molar-refractivity contribution >= 4 is 29.3 Å². The fraction of sp³-hybridized carbons (Fsp3) is 0.364. The monoisotopic (exact) mass is 395 g/mol. The van der Waals surface area contributed by atoms with Crippen molar-refractivity contribution in [3.05, 3.63) is 59.7 Å². The van der Waals surface area contributed by atoms with Gasteiger partial charge in [-0.2, -0.15) is 0 Å². The van der Waals surface area contributed by atoms with E-state index >= 15 is 0 Å². The standard InChI is InChI=1S/C22H25N3O2S/c23-13-16-9-11-24(14-16)22(27)18-6-2-4-8-20(18)28-15-21(26)25-12-10-17-5-1-3-7-19(17)25/h1-8,16H,9-15,23H2. The first-order valence-electron chi connectivity index (χ1n) is 9.77. The minimum Gasteiger partial charge on any atom is -0.338 e. The zero-order valence-electron chi connectivity index (χ0n) is 15.8. The molecule has 146 valence electrons. The number of carbonyl (C=O) groups is 2. The van der Waals surface area contributed by atoms with Gasteiger partial charge in [-0.3, -0.25) is 9.59 Å². The summed E-state index contributed by atoms with van der Waals surface area (Å²) in [4.78, 5) is 30.4. The van der Waals surface area contributed by atoms with Crippen molar-refractivity contribution < 1.29 is 9.59 Å². The minimum absolute atomic E-state index is 0.0398. The Morgan fingerprint density at radius 2 is 1.86 bits per heavy atom. The molecule has 6 heteroatoms. The normalized spacial score (nSPS) is 18.4. The average molecular weight is 396 g/mol. The molecule has 0 saturated carbocycles. The molecule has 2 N–H and O–H groups in total. The van der Waals surface area contributed by atoms with E-state index in [-0.39, 0.29) is 11.8 Å². The Labute approximate surface area is 169 Å². The molecule has 1 fully saturated rings. The van der Waals surface area contributed by atoms with Gasteiger partial charge in [0, 0.05) is 30.2 Å². The van der Waals surface area contributed by atoms with Crippen LogP contribution in [0.15, 0.2) is 53.4 Å². The van der Waals surface area contributed by atoms with E-state index in [1.54, 1.807) is 0 Å². The second-order valence-corrected chi connectivity index (χ2v) is 8.37. The fourth-order valence-electron chi connectivity index (χ4n) is 3.96. The molecule has 2 amide bonds. The van der Waals surface area contributed by atoms with Crippen molar-refractivity contribution in [2.24, 2.45) is 11.7 Å². The van der Waals surface area contributed by atoms with Crippen molar-refractivity contribution in [3.8, 4) is 0 Å². The van der Waals surface area contributed by atoms with Crippen LogP contribution in [0.1, 0.15) is 22.3 Å². The number of nitrogens with zero attached hydrogens (tertiary/aromatic N) is 2. The number of amides is 2. The molecule has 5 nitrogen and oxygen atoms in total. The molecule has 2 heterocycles. The Hall–Kier alpha value is -2.31. The Bertz CT molecular complexity index is 886. The summed E-state index contributed by atoms with van der Waals surface area (Å²) in [5, 5.41) is 0. The van der Waals surface area contributed by atoms with Crippen molar-refractivity contribution in [2.75, 3.05) is 36.8 Å². The van der Waals surface area contributed by atoms with Gasteiger partial charge in [-0.1, -0.05) is 30.3 Å². The molecule has 4 rings (SSSR count). The van der Waals surface area contributed by atoms with Gasteiger partial charge in [-0.25, -0.2) is 0 Å². The Balaban J connectivity index is 1.43. The van der Waals surface area contributed by atoms with Crippen LogP contribution in [0.4, 0.5) is 5.69 Å². The number of rotatable bonds is 5. The molecule has 28 heavy (non-hydrogen) atoms. The molecule has 1 saturated heterocycles. The predicted molar refractivity (Wildman–Crippen MR) is 113 cm³/mol. The molecule has 0 aromatic heterocycles. The molecule has 2 aromatic carbocycles. The lowest BCUT2D eigenvalue weighted by Crippen LogP contribution is -2.31. The number of hydrogen-bond donors (Lipinski definition) is 1. The highest BCUT2D eigenvalue weighted by Crippen LogP contribution is 2.30. The van der Waals surface area contributed by atoms with Gasteiger partial charge in [0.15, 0.2) is 0 Å². The van der Waals surface area contributed by atoms with Gasteiger partial charge >= 0.3 is 0 Å². The topological polar surface area (TPSA) is 66.6 Å². The van der Waals surface area contributed by atoms with Crippen LogP contribution in [0, 0.1) is 5.92 Å². The third-order valence-electron chi connectivity index (χ3n) is 5.56. The van der Waals surface area contributed by atoms with E-state index < -0.39 is 0 Å². The molecule has 0 radical (unpaired) electrons. The molecule has 0 bridgehead atoms. The lowest BCUT2D eigenvalue weighted by Gasteiger charge is -2.19. The Kier molecular flexibility index (Phi) is 5.69. The van der Waals surface area contributed by atoms with Crippen LogP contribution in [0.25, 0.3) is 0 Å². The zero-order valence-corrected chi connectivity index (χ0v) is 16.7. The van der Waals surface area contributed by atoms with E-state index in [0.29, 0.717) is 23.8 Å². The number of thioether (sulfide) groups is 1. The Morgan fingerprint density at radius 3 is 2.68 bits per heavy atom. The molecule has 0 aliphatic carbocycles. The summed E-state index contributed by atoms with van der Waals surface area (Å²) in [5.41, 5.74) is 8.67. The summed E-state index contributed by atoms with van der Waals surface area (Å²) in [5.74, 6) is 0.838. The minimum atomic E-state index is 0.0398. The zero-order chi connectivity index (χ0) is 19.5. The average Bonchev–Trinajstić information content (AvgIpc) is 3.39. The van der Waals surface area contributed by atoms with Crippen molar-refractivity contribution in [1.82, 2.24) is 4.90 Å². The maximum absolute atomic E-state index is 13.0. The van der Waals surface area contributed by atoms with Crippen LogP contribution < -0.4 is 10.6 Å². The van der Waals surface area contributed by atoms with E-state index in [1.807, 2.05) is 52.3 Å². The molecule has 2 aliphatic heterocycles. The van der Waals surface area contributed by atoms with E-state index in [4.69, 9.17) is 5.73 Å². The third-order valence-corrected chi connectivity index (χ3v) is 6.62. The number of hydrogen-bond acceptors (Lipinski definition) is 4. The van der Waals surface area contributed by atoms with Crippen LogP contribution in [-0.2, 0) is 11.2 Å². The number of para-hydroxylation sites is 1. The molecular weight excluding hydrogens is 370 g/mol. The molecule has 2 aliphatic rings. The Morgan fingerprint density at radius 1 is 1.07 bits per heavy atom. The van der Waals surface area contributed by atoms with Crippen molar-refractivity contribution in [3.63, 3.8) is 0 Å². The van der Waals surface area contributed by atoms with Gasteiger partial charge < -0.3 is 15.5 Å². The van der Waals surface area contributed by atoms with Crippen LogP contribution in [0.2, 0.25) is 0 Å². The van der Waals surface area contributed by atoms with Gasteiger partial charge in [-0.05, 0) is 49.1 Å².